The van der Waals surface area contributed by atoms with Crippen molar-refractivity contribution in [3.05, 3.63) is 53.3 Å². The van der Waals surface area contributed by atoms with Crippen molar-refractivity contribution in [3.8, 4) is 0 Å². The van der Waals surface area contributed by atoms with Gasteiger partial charge in [-0.1, -0.05) is 13.0 Å². The predicted octanol–water partition coefficient (Wildman–Crippen LogP) is 4.85. The van der Waals surface area contributed by atoms with Gasteiger partial charge in [0.2, 0.25) is 0 Å². The summed E-state index contributed by atoms with van der Waals surface area (Å²) in [5.74, 6) is 0.100. The molecule has 4 heteroatoms. The Hall–Kier alpha value is -2.36. The summed E-state index contributed by atoms with van der Waals surface area (Å²) in [7, 11) is 0. The molecule has 1 aromatic heterocycles. The second kappa shape index (κ2) is 7.68. The van der Waals surface area contributed by atoms with Crippen molar-refractivity contribution in [2.24, 2.45) is 0 Å². The number of carbonyl (C=O) groups excluding carboxylic acids is 1. The highest BCUT2D eigenvalue weighted by Crippen LogP contribution is 2.24. The number of anilines is 2. The van der Waals surface area contributed by atoms with E-state index in [4.69, 9.17) is 0 Å². The molecule has 0 aliphatic carbocycles. The fourth-order valence-electron chi connectivity index (χ4n) is 3.70. The van der Waals surface area contributed by atoms with E-state index in [-0.39, 0.29) is 5.91 Å². The lowest BCUT2D eigenvalue weighted by atomic mass is 9.99. The van der Waals surface area contributed by atoms with E-state index in [1.54, 1.807) is 12.4 Å². The molecule has 1 amide bonds. The van der Waals surface area contributed by atoms with Crippen LogP contribution in [0.5, 0.6) is 0 Å². The average molecular weight is 337 g/mol. The normalized spacial score (nSPS) is 17.4. The molecule has 2 aromatic rings. The quantitative estimate of drug-likeness (QED) is 0.867. The minimum atomic E-state index is 0.100. The molecule has 1 saturated heterocycles. The molecule has 1 aromatic carbocycles. The minimum Gasteiger partial charge on any atom is -0.354 e. The molecular formula is C21H27N3O. The topological polar surface area (TPSA) is 45.2 Å². The van der Waals surface area contributed by atoms with Gasteiger partial charge in [-0.25, -0.2) is 0 Å². The van der Waals surface area contributed by atoms with Gasteiger partial charge in [-0.3, -0.25) is 9.78 Å². The lowest BCUT2D eigenvalue weighted by Crippen LogP contribution is -2.43. The highest BCUT2D eigenvalue weighted by molar-refractivity contribution is 5.95. The summed E-state index contributed by atoms with van der Waals surface area (Å²) in [6, 6.07) is 8.61. The van der Waals surface area contributed by atoms with Gasteiger partial charge in [-0.05, 0) is 68.9 Å². The van der Waals surface area contributed by atoms with Gasteiger partial charge in [0.05, 0.1) is 17.4 Å². The largest absolute Gasteiger partial charge is 0.354 e. The number of rotatable bonds is 4. The number of benzene rings is 1. The number of pyridine rings is 1. The SMILES string of the molecule is CCC1CCCCN1C(=O)c1cncc(Nc2cc(C)cc(C)c2)c1. The third-order valence-corrected chi connectivity index (χ3v) is 4.85. The molecule has 0 spiro atoms. The first-order valence-corrected chi connectivity index (χ1v) is 9.18. The summed E-state index contributed by atoms with van der Waals surface area (Å²) >= 11 is 0. The molecule has 2 heterocycles. The van der Waals surface area contributed by atoms with Crippen LogP contribution in [-0.4, -0.2) is 28.4 Å². The maximum absolute atomic E-state index is 12.9. The van der Waals surface area contributed by atoms with Crippen LogP contribution in [0.15, 0.2) is 36.7 Å². The molecule has 0 radical (unpaired) electrons. The molecule has 4 nitrogen and oxygen atoms in total. The van der Waals surface area contributed by atoms with Gasteiger partial charge in [0, 0.05) is 24.5 Å². The summed E-state index contributed by atoms with van der Waals surface area (Å²) in [5.41, 5.74) is 4.95. The Morgan fingerprint density at radius 1 is 1.12 bits per heavy atom. The zero-order valence-electron chi connectivity index (χ0n) is 15.4. The Kier molecular flexibility index (Phi) is 5.37. The Labute approximate surface area is 150 Å². The molecule has 0 saturated carbocycles. The first-order chi connectivity index (χ1) is 12.1. The fourth-order valence-corrected chi connectivity index (χ4v) is 3.70. The molecule has 1 atom stereocenters. The molecule has 132 valence electrons. The van der Waals surface area contributed by atoms with E-state index in [0.717, 1.165) is 37.2 Å². The smallest absolute Gasteiger partial charge is 0.255 e. The molecule has 1 aliphatic rings. The van der Waals surface area contributed by atoms with E-state index in [1.807, 2.05) is 11.0 Å². The molecule has 3 rings (SSSR count). The molecule has 1 N–H and O–H groups in total. The van der Waals surface area contributed by atoms with Crippen molar-refractivity contribution in [2.45, 2.75) is 52.5 Å². The third-order valence-electron chi connectivity index (χ3n) is 4.85. The number of nitrogens with one attached hydrogen (secondary N) is 1. The van der Waals surface area contributed by atoms with E-state index >= 15 is 0 Å². The highest BCUT2D eigenvalue weighted by Gasteiger charge is 2.26. The van der Waals surface area contributed by atoms with Crippen LogP contribution in [0.3, 0.4) is 0 Å². The number of hydrogen-bond donors (Lipinski definition) is 1. The Morgan fingerprint density at radius 2 is 1.88 bits per heavy atom. The molecule has 1 aliphatic heterocycles. The Bertz CT molecular complexity index is 736. The van der Waals surface area contributed by atoms with Crippen molar-refractivity contribution >= 4 is 17.3 Å². The van der Waals surface area contributed by atoms with Crippen LogP contribution in [-0.2, 0) is 0 Å². The second-order valence-electron chi connectivity index (χ2n) is 7.02. The van der Waals surface area contributed by atoms with Gasteiger partial charge in [-0.15, -0.1) is 0 Å². The number of carbonyl (C=O) groups is 1. The lowest BCUT2D eigenvalue weighted by Gasteiger charge is -2.35. The molecule has 25 heavy (non-hydrogen) atoms. The van der Waals surface area contributed by atoms with E-state index in [2.05, 4.69) is 49.3 Å². The first-order valence-electron chi connectivity index (χ1n) is 9.18. The van der Waals surface area contributed by atoms with Crippen LogP contribution < -0.4 is 5.32 Å². The van der Waals surface area contributed by atoms with Crippen LogP contribution in [0.2, 0.25) is 0 Å². The summed E-state index contributed by atoms with van der Waals surface area (Å²) in [5, 5.41) is 3.38. The van der Waals surface area contributed by atoms with E-state index in [0.29, 0.717) is 11.6 Å². The van der Waals surface area contributed by atoms with Crippen LogP contribution in [0.4, 0.5) is 11.4 Å². The molecule has 1 fully saturated rings. The van der Waals surface area contributed by atoms with E-state index in [9.17, 15) is 4.79 Å². The zero-order valence-corrected chi connectivity index (χ0v) is 15.4. The maximum Gasteiger partial charge on any atom is 0.255 e. The number of aromatic nitrogens is 1. The van der Waals surface area contributed by atoms with E-state index < -0.39 is 0 Å². The number of piperidine rings is 1. The lowest BCUT2D eigenvalue weighted by molar-refractivity contribution is 0.0607. The third kappa shape index (κ3) is 4.19. The van der Waals surface area contributed by atoms with Gasteiger partial charge in [0.15, 0.2) is 0 Å². The standard InChI is InChI=1S/C21H27N3O/c1-4-20-7-5-6-8-24(20)21(25)17-12-19(14-22-13-17)23-18-10-15(2)9-16(3)11-18/h9-14,20,23H,4-8H2,1-3H3. The molecule has 0 bridgehead atoms. The highest BCUT2D eigenvalue weighted by atomic mass is 16.2. The summed E-state index contributed by atoms with van der Waals surface area (Å²) in [6.07, 6.45) is 7.87. The number of likely N-dealkylation sites (tertiary alicyclic amines) is 1. The summed E-state index contributed by atoms with van der Waals surface area (Å²) < 4.78 is 0. The van der Waals surface area contributed by atoms with Crippen LogP contribution >= 0.6 is 0 Å². The van der Waals surface area contributed by atoms with Gasteiger partial charge in [0.25, 0.3) is 5.91 Å². The summed E-state index contributed by atoms with van der Waals surface area (Å²) in [6.45, 7) is 7.17. The van der Waals surface area contributed by atoms with Gasteiger partial charge >= 0.3 is 0 Å². The van der Waals surface area contributed by atoms with Gasteiger partial charge < -0.3 is 10.2 Å². The van der Waals surface area contributed by atoms with Crippen LogP contribution in [0.25, 0.3) is 0 Å². The van der Waals surface area contributed by atoms with Crippen molar-refractivity contribution in [3.63, 3.8) is 0 Å². The zero-order chi connectivity index (χ0) is 17.8. The van der Waals surface area contributed by atoms with E-state index in [1.165, 1.54) is 17.5 Å². The fraction of sp³-hybridized carbons (Fsp3) is 0.429. The predicted molar refractivity (Wildman–Crippen MR) is 102 cm³/mol. The number of hydrogen-bond acceptors (Lipinski definition) is 3. The van der Waals surface area contributed by atoms with Gasteiger partial charge in [-0.2, -0.15) is 0 Å². The van der Waals surface area contributed by atoms with Crippen molar-refractivity contribution in [2.75, 3.05) is 11.9 Å². The number of aryl methyl sites for hydroxylation is 2. The summed E-state index contributed by atoms with van der Waals surface area (Å²) in [4.78, 5) is 19.3. The van der Waals surface area contributed by atoms with Crippen molar-refractivity contribution < 1.29 is 4.79 Å². The minimum absolute atomic E-state index is 0.100. The van der Waals surface area contributed by atoms with Crippen molar-refractivity contribution in [1.29, 1.82) is 0 Å². The molecule has 1 unspecified atom stereocenters. The first kappa shape index (κ1) is 17.5. The Morgan fingerprint density at radius 3 is 2.60 bits per heavy atom. The number of nitrogens with zero attached hydrogens (tertiary/aromatic N) is 2. The van der Waals surface area contributed by atoms with Crippen molar-refractivity contribution in [1.82, 2.24) is 9.88 Å². The van der Waals surface area contributed by atoms with Crippen LogP contribution in [0, 0.1) is 13.8 Å². The maximum atomic E-state index is 12.9. The van der Waals surface area contributed by atoms with Crippen LogP contribution in [0.1, 0.15) is 54.1 Å². The average Bonchev–Trinajstić information content (AvgIpc) is 2.60. The monoisotopic (exact) mass is 337 g/mol. The second-order valence-corrected chi connectivity index (χ2v) is 7.02. The number of amides is 1. The Balaban J connectivity index is 1.79. The molecular weight excluding hydrogens is 310 g/mol. The van der Waals surface area contributed by atoms with Gasteiger partial charge in [0.1, 0.15) is 0 Å².